The number of halogens is 1. The number of nitrogens with zero attached hydrogens (tertiary/aromatic N) is 2. The molecular formula is C15H16ClN3O. The van der Waals surface area contributed by atoms with Gasteiger partial charge in [-0.2, -0.15) is 0 Å². The fourth-order valence-corrected chi connectivity index (χ4v) is 2.67. The molecule has 1 N–H and O–H groups in total. The van der Waals surface area contributed by atoms with Gasteiger partial charge in [0.2, 0.25) is 5.91 Å². The van der Waals surface area contributed by atoms with Crippen molar-refractivity contribution in [2.24, 2.45) is 5.92 Å². The van der Waals surface area contributed by atoms with Crippen LogP contribution in [0.2, 0.25) is 5.02 Å². The highest BCUT2D eigenvalue weighted by Crippen LogP contribution is 2.23. The lowest BCUT2D eigenvalue weighted by atomic mass is 9.97. The molecule has 1 aromatic carbocycles. The summed E-state index contributed by atoms with van der Waals surface area (Å²) in [7, 11) is 0. The average Bonchev–Trinajstić information content (AvgIpc) is 2.90. The molecule has 1 amide bonds. The molecule has 0 spiro atoms. The second kappa shape index (κ2) is 5.29. The summed E-state index contributed by atoms with van der Waals surface area (Å²) >= 11 is 6.07. The van der Waals surface area contributed by atoms with E-state index in [1.165, 1.54) is 0 Å². The quantitative estimate of drug-likeness (QED) is 0.924. The van der Waals surface area contributed by atoms with E-state index in [0.717, 1.165) is 30.0 Å². The molecular weight excluding hydrogens is 274 g/mol. The second-order valence-corrected chi connectivity index (χ2v) is 5.59. The van der Waals surface area contributed by atoms with E-state index in [1.807, 2.05) is 25.3 Å². The van der Waals surface area contributed by atoms with Crippen LogP contribution in [0.1, 0.15) is 17.8 Å². The van der Waals surface area contributed by atoms with E-state index in [1.54, 1.807) is 12.3 Å². The first kappa shape index (κ1) is 13.2. The summed E-state index contributed by atoms with van der Waals surface area (Å²) in [6.07, 6.45) is 5.28. The number of hydrogen-bond acceptors (Lipinski definition) is 2. The van der Waals surface area contributed by atoms with Gasteiger partial charge in [-0.25, -0.2) is 4.98 Å². The number of rotatable bonds is 2. The van der Waals surface area contributed by atoms with E-state index in [-0.39, 0.29) is 11.8 Å². The number of fused-ring (bicyclic) bond motifs is 1. The van der Waals surface area contributed by atoms with Crippen molar-refractivity contribution in [2.75, 3.05) is 5.32 Å². The summed E-state index contributed by atoms with van der Waals surface area (Å²) in [6.45, 7) is 2.79. The van der Waals surface area contributed by atoms with Gasteiger partial charge in [0.1, 0.15) is 5.82 Å². The number of nitrogens with one attached hydrogen (secondary N) is 1. The average molecular weight is 290 g/mol. The van der Waals surface area contributed by atoms with Crippen molar-refractivity contribution in [1.82, 2.24) is 9.55 Å². The Morgan fingerprint density at radius 2 is 2.35 bits per heavy atom. The van der Waals surface area contributed by atoms with Crippen LogP contribution in [0.25, 0.3) is 0 Å². The number of amides is 1. The van der Waals surface area contributed by atoms with Gasteiger partial charge in [0, 0.05) is 42.0 Å². The van der Waals surface area contributed by atoms with Crippen molar-refractivity contribution in [2.45, 2.75) is 26.3 Å². The highest BCUT2D eigenvalue weighted by atomic mass is 35.5. The van der Waals surface area contributed by atoms with Gasteiger partial charge in [-0.15, -0.1) is 0 Å². The van der Waals surface area contributed by atoms with Crippen LogP contribution < -0.4 is 5.32 Å². The molecule has 2 aromatic rings. The molecule has 0 saturated carbocycles. The van der Waals surface area contributed by atoms with Crippen molar-refractivity contribution in [3.63, 3.8) is 0 Å². The Labute approximate surface area is 122 Å². The maximum Gasteiger partial charge on any atom is 0.228 e. The summed E-state index contributed by atoms with van der Waals surface area (Å²) in [5.41, 5.74) is 1.75. The molecule has 0 saturated heterocycles. The predicted molar refractivity (Wildman–Crippen MR) is 78.9 cm³/mol. The Bertz CT molecular complexity index is 650. The van der Waals surface area contributed by atoms with Gasteiger partial charge in [0.05, 0.1) is 0 Å². The van der Waals surface area contributed by atoms with Gasteiger partial charge in [-0.05, 0) is 31.0 Å². The number of anilines is 1. The largest absolute Gasteiger partial charge is 0.335 e. The Hall–Kier alpha value is -1.81. The zero-order valence-electron chi connectivity index (χ0n) is 11.3. The number of carbonyl (C=O) groups excluding carboxylic acids is 1. The maximum absolute atomic E-state index is 12.3. The van der Waals surface area contributed by atoms with Gasteiger partial charge in [0.25, 0.3) is 0 Å². The van der Waals surface area contributed by atoms with Gasteiger partial charge in [-0.1, -0.05) is 17.7 Å². The first-order chi connectivity index (χ1) is 9.63. The first-order valence-electron chi connectivity index (χ1n) is 6.70. The molecule has 20 heavy (non-hydrogen) atoms. The molecule has 4 nitrogen and oxygen atoms in total. The lowest BCUT2D eigenvalue weighted by Gasteiger charge is -2.22. The van der Waals surface area contributed by atoms with Gasteiger partial charge in [0.15, 0.2) is 0 Å². The van der Waals surface area contributed by atoms with Crippen LogP contribution in [-0.2, 0) is 17.8 Å². The van der Waals surface area contributed by atoms with Crippen molar-refractivity contribution in [3.8, 4) is 0 Å². The van der Waals surface area contributed by atoms with E-state index in [4.69, 9.17) is 11.6 Å². The highest BCUT2D eigenvalue weighted by Gasteiger charge is 2.25. The molecule has 3 rings (SSSR count). The maximum atomic E-state index is 12.3. The minimum absolute atomic E-state index is 0.0232. The van der Waals surface area contributed by atoms with Crippen molar-refractivity contribution in [3.05, 3.63) is 47.0 Å². The molecule has 0 fully saturated rings. The van der Waals surface area contributed by atoms with Gasteiger partial charge < -0.3 is 9.88 Å². The minimum Gasteiger partial charge on any atom is -0.335 e. The molecule has 104 valence electrons. The topological polar surface area (TPSA) is 46.9 Å². The van der Waals surface area contributed by atoms with Crippen LogP contribution in [-0.4, -0.2) is 15.5 Å². The van der Waals surface area contributed by atoms with Crippen LogP contribution in [0, 0.1) is 12.8 Å². The molecule has 0 aliphatic carbocycles. The lowest BCUT2D eigenvalue weighted by Crippen LogP contribution is -2.30. The fraction of sp³-hybridized carbons (Fsp3) is 0.333. The second-order valence-electron chi connectivity index (χ2n) is 5.18. The molecule has 1 aromatic heterocycles. The number of hydrogen-bond donors (Lipinski definition) is 1. The predicted octanol–water partition coefficient (Wildman–Crippen LogP) is 3.05. The zero-order chi connectivity index (χ0) is 14.1. The smallest absolute Gasteiger partial charge is 0.228 e. The minimum atomic E-state index is -0.0232. The third kappa shape index (κ3) is 2.56. The standard InChI is InChI=1S/C15H16ClN3O/c1-10-2-3-12(9-13(10)16)18-15(20)11-4-6-19-7-5-17-14(19)8-11/h2-3,5,7,9,11H,4,6,8H2,1H3,(H,18,20). The summed E-state index contributed by atoms with van der Waals surface area (Å²) in [5.74, 6) is 1.00. The van der Waals surface area contributed by atoms with Crippen LogP contribution in [0.15, 0.2) is 30.6 Å². The van der Waals surface area contributed by atoms with E-state index in [9.17, 15) is 4.79 Å². The van der Waals surface area contributed by atoms with E-state index in [2.05, 4.69) is 14.9 Å². The number of benzene rings is 1. The highest BCUT2D eigenvalue weighted by molar-refractivity contribution is 6.31. The molecule has 1 aliphatic heterocycles. The van der Waals surface area contributed by atoms with Crippen molar-refractivity contribution in [1.29, 1.82) is 0 Å². The molecule has 1 atom stereocenters. The number of carbonyl (C=O) groups is 1. The van der Waals surface area contributed by atoms with Crippen LogP contribution in [0.4, 0.5) is 5.69 Å². The molecule has 0 bridgehead atoms. The molecule has 2 heterocycles. The van der Waals surface area contributed by atoms with Crippen LogP contribution in [0.3, 0.4) is 0 Å². The molecule has 1 unspecified atom stereocenters. The Balaban J connectivity index is 1.69. The monoisotopic (exact) mass is 289 g/mol. The third-order valence-corrected chi connectivity index (χ3v) is 4.17. The molecule has 5 heteroatoms. The fourth-order valence-electron chi connectivity index (χ4n) is 2.49. The van der Waals surface area contributed by atoms with Gasteiger partial charge in [-0.3, -0.25) is 4.79 Å². The van der Waals surface area contributed by atoms with Crippen molar-refractivity contribution < 1.29 is 4.79 Å². The Kier molecular flexibility index (Phi) is 3.49. The Morgan fingerprint density at radius 1 is 1.50 bits per heavy atom. The van der Waals surface area contributed by atoms with Gasteiger partial charge >= 0.3 is 0 Å². The van der Waals surface area contributed by atoms with Crippen LogP contribution in [0.5, 0.6) is 0 Å². The molecule has 1 aliphatic rings. The van der Waals surface area contributed by atoms with E-state index in [0.29, 0.717) is 11.4 Å². The summed E-state index contributed by atoms with van der Waals surface area (Å²) in [5, 5.41) is 3.61. The SMILES string of the molecule is Cc1ccc(NC(=O)C2CCn3ccnc3C2)cc1Cl. The number of aromatic nitrogens is 2. The summed E-state index contributed by atoms with van der Waals surface area (Å²) < 4.78 is 2.10. The zero-order valence-corrected chi connectivity index (χ0v) is 12.0. The molecule has 0 radical (unpaired) electrons. The third-order valence-electron chi connectivity index (χ3n) is 3.76. The summed E-state index contributed by atoms with van der Waals surface area (Å²) in [6, 6.07) is 5.58. The van der Waals surface area contributed by atoms with E-state index >= 15 is 0 Å². The van der Waals surface area contributed by atoms with Crippen LogP contribution >= 0.6 is 11.6 Å². The summed E-state index contributed by atoms with van der Waals surface area (Å²) in [4.78, 5) is 16.6. The first-order valence-corrected chi connectivity index (χ1v) is 7.08. The Morgan fingerprint density at radius 3 is 3.15 bits per heavy atom. The lowest BCUT2D eigenvalue weighted by molar-refractivity contribution is -0.120. The normalized spacial score (nSPS) is 17.6. The number of aryl methyl sites for hydroxylation is 2. The number of imidazole rings is 1. The van der Waals surface area contributed by atoms with Crippen molar-refractivity contribution >= 4 is 23.2 Å². The van der Waals surface area contributed by atoms with E-state index < -0.39 is 0 Å².